The fourth-order valence-corrected chi connectivity index (χ4v) is 1.42. The third-order valence-corrected chi connectivity index (χ3v) is 2.37. The summed E-state index contributed by atoms with van der Waals surface area (Å²) in [5, 5.41) is 6.36. The Morgan fingerprint density at radius 1 is 1.71 bits per heavy atom. The predicted molar refractivity (Wildman–Crippen MR) is 48.3 cm³/mol. The summed E-state index contributed by atoms with van der Waals surface area (Å²) >= 11 is 0. The van der Waals surface area contributed by atoms with Crippen molar-refractivity contribution < 1.29 is 9.53 Å². The van der Waals surface area contributed by atoms with Crippen LogP contribution in [0.1, 0.15) is 25.6 Å². The van der Waals surface area contributed by atoms with Crippen LogP contribution < -0.4 is 5.73 Å². The summed E-state index contributed by atoms with van der Waals surface area (Å²) in [5.41, 5.74) is 4.77. The van der Waals surface area contributed by atoms with E-state index in [1.165, 1.54) is 0 Å². The lowest BCUT2D eigenvalue weighted by molar-refractivity contribution is -0.146. The van der Waals surface area contributed by atoms with E-state index in [-0.39, 0.29) is 11.9 Å². The number of carbonyl (C=O) groups excluding carboxylic acids is 1. The summed E-state index contributed by atoms with van der Waals surface area (Å²) < 4.78 is 4.97. The predicted octanol–water partition coefficient (Wildman–Crippen LogP) is -0.0184. The lowest BCUT2D eigenvalue weighted by Crippen LogP contribution is -2.24. The van der Waals surface area contributed by atoms with Crippen LogP contribution in [0.3, 0.4) is 0 Å². The smallest absolute Gasteiger partial charge is 0.319 e. The quantitative estimate of drug-likeness (QED) is 0.662. The fraction of sp³-hybridized carbons (Fsp3) is 0.625. The molecule has 6 heteroatoms. The topological polar surface area (TPSA) is 93.9 Å². The molecule has 0 radical (unpaired) electrons. The minimum atomic E-state index is -0.597. The Morgan fingerprint density at radius 3 is 2.86 bits per heavy atom. The molecule has 0 unspecified atom stereocenters. The first-order valence-electron chi connectivity index (χ1n) is 4.54. The number of nitrogens with two attached hydrogens (primary N) is 1. The largest absolute Gasteiger partial charge is 0.465 e. The number of carbonyl (C=O) groups is 1. The molecule has 1 saturated carbocycles. The Hall–Kier alpha value is -1.59. The normalized spacial score (nSPS) is 17.8. The Morgan fingerprint density at radius 2 is 2.43 bits per heavy atom. The molecule has 1 fully saturated rings. The molecule has 0 aromatic carbocycles. The van der Waals surface area contributed by atoms with Crippen molar-refractivity contribution in [1.29, 1.82) is 0 Å². The van der Waals surface area contributed by atoms with Crippen LogP contribution in [0, 0.1) is 0 Å². The van der Waals surface area contributed by atoms with Crippen LogP contribution in [0.5, 0.6) is 0 Å². The van der Waals surface area contributed by atoms with Crippen LogP contribution in [-0.2, 0) is 14.9 Å². The second-order valence-corrected chi connectivity index (χ2v) is 3.34. The average molecular weight is 196 g/mol. The number of aromatic nitrogens is 3. The van der Waals surface area contributed by atoms with Crippen LogP contribution in [0.2, 0.25) is 0 Å². The van der Waals surface area contributed by atoms with Gasteiger partial charge in [-0.2, -0.15) is 4.98 Å². The molecule has 0 saturated heterocycles. The van der Waals surface area contributed by atoms with Crippen molar-refractivity contribution in [3.8, 4) is 0 Å². The number of nitrogen functional groups attached to an aromatic ring is 1. The average Bonchev–Trinajstić information content (AvgIpc) is 2.85. The number of esters is 1. The van der Waals surface area contributed by atoms with E-state index in [1.807, 2.05) is 0 Å². The van der Waals surface area contributed by atoms with E-state index in [1.54, 1.807) is 6.92 Å². The number of H-pyrrole nitrogens is 1. The molecule has 3 N–H and O–H groups in total. The zero-order chi connectivity index (χ0) is 10.2. The number of hydrogen-bond donors (Lipinski definition) is 2. The maximum Gasteiger partial charge on any atom is 0.319 e. The molecule has 1 heterocycles. The molecule has 1 aromatic rings. The van der Waals surface area contributed by atoms with Gasteiger partial charge < -0.3 is 10.5 Å². The van der Waals surface area contributed by atoms with Gasteiger partial charge in [-0.25, -0.2) is 0 Å². The van der Waals surface area contributed by atoms with Crippen molar-refractivity contribution in [3.63, 3.8) is 0 Å². The highest BCUT2D eigenvalue weighted by Crippen LogP contribution is 2.47. The highest BCUT2D eigenvalue weighted by molar-refractivity contribution is 5.85. The van der Waals surface area contributed by atoms with Gasteiger partial charge in [0.1, 0.15) is 11.2 Å². The minimum Gasteiger partial charge on any atom is -0.465 e. The first kappa shape index (κ1) is 8.98. The van der Waals surface area contributed by atoms with Crippen molar-refractivity contribution in [2.45, 2.75) is 25.2 Å². The van der Waals surface area contributed by atoms with Crippen molar-refractivity contribution in [2.24, 2.45) is 0 Å². The summed E-state index contributed by atoms with van der Waals surface area (Å²) in [6.07, 6.45) is 1.50. The van der Waals surface area contributed by atoms with Crippen LogP contribution in [0.4, 0.5) is 5.95 Å². The highest BCUT2D eigenvalue weighted by Gasteiger charge is 2.55. The molecule has 0 atom stereocenters. The maximum atomic E-state index is 11.6. The Bertz CT molecular complexity index is 356. The zero-order valence-corrected chi connectivity index (χ0v) is 7.91. The van der Waals surface area contributed by atoms with Gasteiger partial charge in [-0.3, -0.25) is 9.89 Å². The molecular formula is C8H12N4O2. The molecule has 6 nitrogen and oxygen atoms in total. The van der Waals surface area contributed by atoms with Crippen molar-refractivity contribution >= 4 is 11.9 Å². The molecule has 14 heavy (non-hydrogen) atoms. The second kappa shape index (κ2) is 2.97. The van der Waals surface area contributed by atoms with Gasteiger partial charge in [-0.05, 0) is 19.8 Å². The van der Waals surface area contributed by atoms with Crippen LogP contribution in [-0.4, -0.2) is 27.8 Å². The van der Waals surface area contributed by atoms with Crippen LogP contribution in [0.15, 0.2) is 0 Å². The number of rotatable bonds is 3. The number of nitrogens with zero attached hydrogens (tertiary/aromatic N) is 2. The van der Waals surface area contributed by atoms with Gasteiger partial charge >= 0.3 is 5.97 Å². The lowest BCUT2D eigenvalue weighted by Gasteiger charge is -2.09. The molecular weight excluding hydrogens is 184 g/mol. The zero-order valence-electron chi connectivity index (χ0n) is 7.91. The molecule has 1 aliphatic rings. The standard InChI is InChI=1S/C8H12N4O2/c1-2-14-6(13)8(3-4-8)5-10-7(9)12-11-5/h2-4H2,1H3,(H3,9,10,11,12). The van der Waals surface area contributed by atoms with E-state index >= 15 is 0 Å². The second-order valence-electron chi connectivity index (χ2n) is 3.34. The Balaban J connectivity index is 2.21. The van der Waals surface area contributed by atoms with E-state index in [0.717, 1.165) is 12.8 Å². The van der Waals surface area contributed by atoms with Crippen molar-refractivity contribution in [1.82, 2.24) is 15.2 Å². The van der Waals surface area contributed by atoms with Crippen molar-refractivity contribution in [2.75, 3.05) is 12.3 Å². The molecule has 0 aliphatic heterocycles. The monoisotopic (exact) mass is 196 g/mol. The van der Waals surface area contributed by atoms with Gasteiger partial charge in [0, 0.05) is 0 Å². The summed E-state index contributed by atoms with van der Waals surface area (Å²) in [6, 6.07) is 0. The van der Waals surface area contributed by atoms with Gasteiger partial charge in [0.2, 0.25) is 5.95 Å². The van der Waals surface area contributed by atoms with Gasteiger partial charge in [0.15, 0.2) is 0 Å². The number of nitrogens with one attached hydrogen (secondary N) is 1. The summed E-state index contributed by atoms with van der Waals surface area (Å²) in [4.78, 5) is 15.5. The fourth-order valence-electron chi connectivity index (χ4n) is 1.42. The van der Waals surface area contributed by atoms with Gasteiger partial charge in [0.25, 0.3) is 0 Å². The minimum absolute atomic E-state index is 0.163. The first-order valence-corrected chi connectivity index (χ1v) is 4.54. The first-order chi connectivity index (χ1) is 6.69. The van der Waals surface area contributed by atoms with E-state index in [2.05, 4.69) is 15.2 Å². The molecule has 0 spiro atoms. The summed E-state index contributed by atoms with van der Waals surface area (Å²) in [6.45, 7) is 2.16. The number of hydrogen-bond acceptors (Lipinski definition) is 5. The molecule has 0 bridgehead atoms. The van der Waals surface area contributed by atoms with E-state index in [0.29, 0.717) is 12.4 Å². The van der Waals surface area contributed by atoms with E-state index < -0.39 is 5.41 Å². The number of anilines is 1. The molecule has 1 aromatic heterocycles. The maximum absolute atomic E-state index is 11.6. The number of ether oxygens (including phenoxy) is 1. The molecule has 76 valence electrons. The van der Waals surface area contributed by atoms with Crippen LogP contribution in [0.25, 0.3) is 0 Å². The third-order valence-electron chi connectivity index (χ3n) is 2.37. The van der Waals surface area contributed by atoms with Gasteiger partial charge in [-0.1, -0.05) is 0 Å². The molecule has 1 aliphatic carbocycles. The van der Waals surface area contributed by atoms with E-state index in [9.17, 15) is 4.79 Å². The molecule has 2 rings (SSSR count). The summed E-state index contributed by atoms with van der Waals surface area (Å²) in [7, 11) is 0. The SMILES string of the molecule is CCOC(=O)C1(c2nc(N)n[nH]2)CC1. The Labute approximate surface area is 80.8 Å². The van der Waals surface area contributed by atoms with Gasteiger partial charge in [0.05, 0.1) is 6.61 Å². The molecule has 0 amide bonds. The van der Waals surface area contributed by atoms with Gasteiger partial charge in [-0.15, -0.1) is 5.10 Å². The van der Waals surface area contributed by atoms with Crippen molar-refractivity contribution in [3.05, 3.63) is 5.82 Å². The lowest BCUT2D eigenvalue weighted by atomic mass is 10.1. The van der Waals surface area contributed by atoms with E-state index in [4.69, 9.17) is 10.5 Å². The highest BCUT2D eigenvalue weighted by atomic mass is 16.5. The third kappa shape index (κ3) is 1.23. The van der Waals surface area contributed by atoms with Crippen LogP contribution >= 0.6 is 0 Å². The number of aromatic amines is 1. The Kier molecular flexibility index (Phi) is 1.90. The summed E-state index contributed by atoms with van der Waals surface area (Å²) in [5.74, 6) is 0.445.